The molecule has 2 aliphatic carbocycles. The first-order valence-corrected chi connectivity index (χ1v) is 11.1. The number of esters is 1. The summed E-state index contributed by atoms with van der Waals surface area (Å²) < 4.78 is 81.4. The van der Waals surface area contributed by atoms with Crippen LogP contribution in [0.2, 0.25) is 0 Å². The van der Waals surface area contributed by atoms with Crippen LogP contribution < -0.4 is 0 Å². The van der Waals surface area contributed by atoms with Crippen LogP contribution in [0.15, 0.2) is 36.4 Å². The Morgan fingerprint density at radius 1 is 0.853 bits per heavy atom. The summed E-state index contributed by atoms with van der Waals surface area (Å²) in [4.78, 5) is 11.4. The zero-order valence-electron chi connectivity index (χ0n) is 18.6. The van der Waals surface area contributed by atoms with Gasteiger partial charge in [-0.25, -0.2) is 4.79 Å². The lowest BCUT2D eigenvalue weighted by Crippen LogP contribution is -2.17. The van der Waals surface area contributed by atoms with Gasteiger partial charge in [-0.1, -0.05) is 25.0 Å². The summed E-state index contributed by atoms with van der Waals surface area (Å²) in [7, 11) is 1.21. The molecule has 4 rings (SSSR count). The predicted octanol–water partition coefficient (Wildman–Crippen LogP) is 7.22. The number of carbonyl (C=O) groups excluding carboxylic acids is 1. The number of halogens is 6. The minimum atomic E-state index is -4.38. The van der Waals surface area contributed by atoms with Gasteiger partial charge >= 0.3 is 18.3 Å². The van der Waals surface area contributed by atoms with Gasteiger partial charge in [-0.3, -0.25) is 0 Å². The topological polar surface area (TPSA) is 46.5 Å². The quantitative estimate of drug-likeness (QED) is 0.365. The number of ether oxygens (including phenoxy) is 1. The average molecular weight is 488 g/mol. The highest BCUT2D eigenvalue weighted by Crippen LogP contribution is 2.44. The van der Waals surface area contributed by atoms with Crippen LogP contribution in [0, 0.1) is 0 Å². The Morgan fingerprint density at radius 3 is 1.71 bits per heavy atom. The van der Waals surface area contributed by atoms with Gasteiger partial charge in [-0.15, -0.1) is 0 Å². The van der Waals surface area contributed by atoms with Crippen molar-refractivity contribution in [3.05, 3.63) is 69.8 Å². The molecule has 2 aliphatic rings. The van der Waals surface area contributed by atoms with Gasteiger partial charge < -0.3 is 9.84 Å². The third-order valence-electron chi connectivity index (χ3n) is 6.47. The number of carbonyl (C=O) groups is 1. The number of hydrogen-bond acceptors (Lipinski definition) is 3. The molecule has 0 heterocycles. The second kappa shape index (κ2) is 10.4. The Balaban J connectivity index is 0.000000192. The smallest absolute Gasteiger partial charge is 0.416 e. The minimum Gasteiger partial charge on any atom is -0.465 e. The molecule has 0 spiro atoms. The van der Waals surface area contributed by atoms with Gasteiger partial charge in [0.15, 0.2) is 0 Å². The van der Waals surface area contributed by atoms with Crippen LogP contribution in [0.1, 0.15) is 88.5 Å². The Bertz CT molecular complexity index is 1000. The Hall–Kier alpha value is -2.55. The Kier molecular flexibility index (Phi) is 7.95. The molecule has 0 unspecified atom stereocenters. The highest BCUT2D eigenvalue weighted by atomic mass is 19.4. The second-order valence-corrected chi connectivity index (χ2v) is 8.62. The highest BCUT2D eigenvalue weighted by Gasteiger charge is 2.37. The van der Waals surface area contributed by atoms with Gasteiger partial charge in [-0.05, 0) is 78.5 Å². The molecule has 0 aromatic heterocycles. The molecule has 3 nitrogen and oxygen atoms in total. The molecule has 2 saturated carbocycles. The number of hydrogen-bond donors (Lipinski definition) is 1. The monoisotopic (exact) mass is 488 g/mol. The molecule has 0 radical (unpaired) electrons. The van der Waals surface area contributed by atoms with Crippen molar-refractivity contribution in [1.82, 2.24) is 0 Å². The van der Waals surface area contributed by atoms with Crippen molar-refractivity contribution >= 4 is 5.97 Å². The van der Waals surface area contributed by atoms with Gasteiger partial charge in [0.05, 0.1) is 30.4 Å². The van der Waals surface area contributed by atoms with Gasteiger partial charge in [0, 0.05) is 0 Å². The number of methoxy groups -OCH3 is 1. The summed E-state index contributed by atoms with van der Waals surface area (Å²) in [6.45, 7) is -0.210. The maximum Gasteiger partial charge on any atom is 0.416 e. The van der Waals surface area contributed by atoms with Gasteiger partial charge in [-0.2, -0.15) is 26.3 Å². The zero-order chi connectivity index (χ0) is 25.1. The standard InChI is InChI=1S/C13H13F3O2.C12H13F3O/c1-18-12(17)9-5-6-11(13(14,15)16)10(7-9)8-3-2-4-8;13-12(14,15)11-5-4-8(7-16)6-10(11)9-2-1-3-9/h5-8H,2-4H2,1H3;4-6,9,16H,1-3,7H2. The van der Waals surface area contributed by atoms with Gasteiger partial charge in [0.25, 0.3) is 0 Å². The molecule has 2 fully saturated rings. The lowest BCUT2D eigenvalue weighted by molar-refractivity contribution is -0.139. The van der Waals surface area contributed by atoms with E-state index in [-0.39, 0.29) is 29.6 Å². The van der Waals surface area contributed by atoms with Gasteiger partial charge in [0.1, 0.15) is 0 Å². The van der Waals surface area contributed by atoms with Crippen LogP contribution in [0.3, 0.4) is 0 Å². The van der Waals surface area contributed by atoms with Crippen molar-refractivity contribution in [2.24, 2.45) is 0 Å². The number of alkyl halides is 6. The maximum absolute atomic E-state index is 12.9. The van der Waals surface area contributed by atoms with Crippen molar-refractivity contribution in [3.63, 3.8) is 0 Å². The van der Waals surface area contributed by atoms with Crippen molar-refractivity contribution < 1.29 is 41.0 Å². The summed E-state index contributed by atoms with van der Waals surface area (Å²) >= 11 is 0. The van der Waals surface area contributed by atoms with E-state index in [0.717, 1.165) is 56.7 Å². The molecule has 0 bridgehead atoms. The SMILES string of the molecule is COC(=O)c1ccc(C(F)(F)F)c(C2CCC2)c1.OCc1ccc(C(F)(F)F)c(C2CCC2)c1. The first-order valence-electron chi connectivity index (χ1n) is 11.1. The molecule has 2 aromatic carbocycles. The van der Waals surface area contributed by atoms with Crippen molar-refractivity contribution in [2.75, 3.05) is 7.11 Å². The van der Waals surface area contributed by atoms with Crippen molar-refractivity contribution in [1.29, 1.82) is 0 Å². The number of aliphatic hydroxyl groups is 1. The normalized spacial score (nSPS) is 16.7. The predicted molar refractivity (Wildman–Crippen MR) is 113 cm³/mol. The lowest BCUT2D eigenvalue weighted by Gasteiger charge is -2.29. The third kappa shape index (κ3) is 5.92. The lowest BCUT2D eigenvalue weighted by atomic mass is 9.77. The molecule has 0 aliphatic heterocycles. The Labute approximate surface area is 193 Å². The summed E-state index contributed by atoms with van der Waals surface area (Å²) in [6.07, 6.45) is -3.62. The fourth-order valence-electron chi connectivity index (χ4n) is 4.15. The van der Waals surface area contributed by atoms with E-state index < -0.39 is 29.4 Å². The number of aliphatic hydroxyl groups excluding tert-OH is 1. The largest absolute Gasteiger partial charge is 0.465 e. The third-order valence-corrected chi connectivity index (χ3v) is 6.47. The van der Waals surface area contributed by atoms with E-state index in [9.17, 15) is 31.1 Å². The highest BCUT2D eigenvalue weighted by molar-refractivity contribution is 5.89. The van der Waals surface area contributed by atoms with Crippen LogP contribution >= 0.6 is 0 Å². The fourth-order valence-corrected chi connectivity index (χ4v) is 4.15. The first-order chi connectivity index (χ1) is 16.0. The molecular weight excluding hydrogens is 462 g/mol. The summed E-state index contributed by atoms with van der Waals surface area (Å²) in [5.41, 5.74) is 0.110. The van der Waals surface area contributed by atoms with Crippen LogP contribution in [-0.4, -0.2) is 18.2 Å². The van der Waals surface area contributed by atoms with Crippen LogP contribution in [0.25, 0.3) is 0 Å². The number of benzene rings is 2. The summed E-state index contributed by atoms with van der Waals surface area (Å²) in [5, 5.41) is 8.95. The van der Waals surface area contributed by atoms with E-state index in [1.54, 1.807) is 0 Å². The fraction of sp³-hybridized carbons (Fsp3) is 0.480. The zero-order valence-corrected chi connectivity index (χ0v) is 18.6. The molecule has 0 amide bonds. The second-order valence-electron chi connectivity index (χ2n) is 8.62. The van der Waals surface area contributed by atoms with E-state index in [4.69, 9.17) is 5.11 Å². The van der Waals surface area contributed by atoms with Crippen LogP contribution in [-0.2, 0) is 23.7 Å². The van der Waals surface area contributed by atoms with E-state index in [2.05, 4.69) is 4.74 Å². The van der Waals surface area contributed by atoms with Crippen LogP contribution in [0.5, 0.6) is 0 Å². The van der Waals surface area contributed by atoms with E-state index >= 15 is 0 Å². The van der Waals surface area contributed by atoms with Crippen LogP contribution in [0.4, 0.5) is 26.3 Å². The number of rotatable bonds is 4. The minimum absolute atomic E-state index is 0.0168. The molecule has 2 aromatic rings. The average Bonchev–Trinajstić information content (AvgIpc) is 2.69. The van der Waals surface area contributed by atoms with E-state index in [0.29, 0.717) is 11.1 Å². The van der Waals surface area contributed by atoms with Crippen molar-refractivity contribution in [3.8, 4) is 0 Å². The molecule has 0 atom stereocenters. The molecule has 9 heteroatoms. The molecular formula is C25H26F6O3. The first kappa shape index (κ1) is 26.1. The maximum atomic E-state index is 12.9. The summed E-state index contributed by atoms with van der Waals surface area (Å²) in [5.74, 6) is -0.682. The van der Waals surface area contributed by atoms with E-state index in [1.165, 1.54) is 25.3 Å². The molecule has 0 saturated heterocycles. The van der Waals surface area contributed by atoms with E-state index in [1.807, 2.05) is 0 Å². The molecule has 1 N–H and O–H groups in total. The summed E-state index contributed by atoms with van der Waals surface area (Å²) in [6, 6.07) is 7.37. The molecule has 186 valence electrons. The Morgan fingerprint density at radius 2 is 1.32 bits per heavy atom. The van der Waals surface area contributed by atoms with Gasteiger partial charge in [0.2, 0.25) is 0 Å². The molecule has 34 heavy (non-hydrogen) atoms. The van der Waals surface area contributed by atoms with Crippen molar-refractivity contribution in [2.45, 2.75) is 69.3 Å².